The Morgan fingerprint density at radius 2 is 1.87 bits per heavy atom. The van der Waals surface area contributed by atoms with Crippen LogP contribution in [0.1, 0.15) is 75.5 Å². The maximum atomic E-state index is 12.9. The van der Waals surface area contributed by atoms with Gasteiger partial charge in [-0.05, 0) is 44.4 Å². The van der Waals surface area contributed by atoms with Crippen molar-refractivity contribution in [3.8, 4) is 0 Å². The number of nitrogens with zero attached hydrogens (tertiary/aromatic N) is 4. The minimum Gasteiger partial charge on any atom is -0.352 e. The van der Waals surface area contributed by atoms with Crippen LogP contribution in [0.15, 0.2) is 4.52 Å². The lowest BCUT2D eigenvalue weighted by Gasteiger charge is -2.38. The van der Waals surface area contributed by atoms with Gasteiger partial charge in [0.1, 0.15) is 0 Å². The molecule has 0 bridgehead atoms. The van der Waals surface area contributed by atoms with Crippen LogP contribution in [0.5, 0.6) is 0 Å². The van der Waals surface area contributed by atoms with E-state index in [1.54, 1.807) is 11.2 Å². The Balaban J connectivity index is 1.44. The third-order valence-corrected chi connectivity index (χ3v) is 8.56. The molecule has 1 atom stereocenters. The number of carbonyl (C=O) groups is 1. The molecule has 4 rings (SSSR count). The molecule has 3 fully saturated rings. The highest BCUT2D eigenvalue weighted by molar-refractivity contribution is 7.88. The van der Waals surface area contributed by atoms with Crippen molar-refractivity contribution in [2.24, 2.45) is 5.41 Å². The van der Waals surface area contributed by atoms with Gasteiger partial charge >= 0.3 is 0 Å². The molecule has 1 unspecified atom stereocenters. The molecule has 174 valence electrons. The summed E-state index contributed by atoms with van der Waals surface area (Å²) in [7, 11) is -3.17. The molecule has 2 aliphatic heterocycles. The highest BCUT2D eigenvalue weighted by atomic mass is 32.2. The molecule has 1 aromatic heterocycles. The van der Waals surface area contributed by atoms with Gasteiger partial charge in [0, 0.05) is 25.7 Å². The Hall–Kier alpha value is -1.52. The number of aryl methyl sites for hydroxylation is 1. The molecule has 1 aliphatic carbocycles. The van der Waals surface area contributed by atoms with E-state index in [4.69, 9.17) is 4.52 Å². The van der Waals surface area contributed by atoms with E-state index in [2.05, 4.69) is 20.4 Å². The lowest BCUT2D eigenvalue weighted by atomic mass is 9.77. The van der Waals surface area contributed by atoms with Crippen LogP contribution in [-0.2, 0) is 14.8 Å². The molecule has 0 aromatic carbocycles. The van der Waals surface area contributed by atoms with E-state index in [1.807, 2.05) is 0 Å². The van der Waals surface area contributed by atoms with Crippen LogP contribution in [-0.4, -0.2) is 72.1 Å². The number of amides is 1. The van der Waals surface area contributed by atoms with Gasteiger partial charge in [-0.2, -0.15) is 4.98 Å². The van der Waals surface area contributed by atoms with Gasteiger partial charge in [-0.1, -0.05) is 30.8 Å². The number of hydrogen-bond donors (Lipinski definition) is 1. The predicted octanol–water partition coefficient (Wildman–Crippen LogP) is 2.01. The summed E-state index contributed by atoms with van der Waals surface area (Å²) in [6.07, 6.45) is 10.6. The highest BCUT2D eigenvalue weighted by Crippen LogP contribution is 2.48. The van der Waals surface area contributed by atoms with Gasteiger partial charge in [-0.15, -0.1) is 0 Å². The van der Waals surface area contributed by atoms with E-state index in [1.165, 1.54) is 31.9 Å². The molecular weight excluding hydrogens is 418 g/mol. The fourth-order valence-corrected chi connectivity index (χ4v) is 6.38. The minimum atomic E-state index is -3.17. The van der Waals surface area contributed by atoms with Crippen LogP contribution in [0.3, 0.4) is 0 Å². The van der Waals surface area contributed by atoms with Crippen molar-refractivity contribution in [1.82, 2.24) is 24.7 Å². The first kappa shape index (κ1) is 22.7. The van der Waals surface area contributed by atoms with Crippen molar-refractivity contribution in [3.63, 3.8) is 0 Å². The third-order valence-electron chi connectivity index (χ3n) is 7.25. The van der Waals surface area contributed by atoms with Gasteiger partial charge in [0.25, 0.3) is 0 Å². The monoisotopic (exact) mass is 453 g/mol. The number of sulfonamides is 1. The van der Waals surface area contributed by atoms with E-state index in [0.29, 0.717) is 31.3 Å². The average Bonchev–Trinajstić information content (AvgIpc) is 3.16. The van der Waals surface area contributed by atoms with Gasteiger partial charge in [-0.25, -0.2) is 12.7 Å². The van der Waals surface area contributed by atoms with E-state index in [-0.39, 0.29) is 23.4 Å². The molecule has 1 amide bonds. The molecule has 3 aliphatic rings. The number of nitrogens with one attached hydrogen (secondary N) is 1. The standard InChI is InChI=1S/C21H35N5O4S/c1-16-22-20(30-24-16)18-13-21(9-11-26(12-10-21)31(2,28)29)15-25(18)14-19(27)23-17-7-5-3-4-6-8-17/h17-18H,3-15H2,1-2H3,(H,23,27). The van der Waals surface area contributed by atoms with E-state index in [9.17, 15) is 13.2 Å². The summed E-state index contributed by atoms with van der Waals surface area (Å²) in [4.78, 5) is 19.5. The van der Waals surface area contributed by atoms with Gasteiger partial charge in [0.05, 0.1) is 18.8 Å². The third kappa shape index (κ3) is 5.46. The molecule has 1 aromatic rings. The van der Waals surface area contributed by atoms with Crippen molar-refractivity contribution >= 4 is 15.9 Å². The summed E-state index contributed by atoms with van der Waals surface area (Å²) < 4.78 is 30.9. The van der Waals surface area contributed by atoms with Crippen LogP contribution in [0.4, 0.5) is 0 Å². The van der Waals surface area contributed by atoms with Crippen LogP contribution in [0.2, 0.25) is 0 Å². The summed E-state index contributed by atoms with van der Waals surface area (Å²) >= 11 is 0. The molecule has 1 N–H and O–H groups in total. The number of rotatable bonds is 5. The van der Waals surface area contributed by atoms with Crippen molar-refractivity contribution in [3.05, 3.63) is 11.7 Å². The van der Waals surface area contributed by atoms with Gasteiger partial charge in [0.2, 0.25) is 21.8 Å². The SMILES string of the molecule is Cc1noc(C2CC3(CCN(S(C)(=O)=O)CC3)CN2CC(=O)NC2CCCCCC2)n1. The lowest BCUT2D eigenvalue weighted by molar-refractivity contribution is -0.123. The Bertz CT molecular complexity index is 870. The number of likely N-dealkylation sites (tertiary alicyclic amines) is 1. The fraction of sp³-hybridized carbons (Fsp3) is 0.857. The molecular formula is C21H35N5O4S. The predicted molar refractivity (Wildman–Crippen MR) is 116 cm³/mol. The maximum absolute atomic E-state index is 12.9. The van der Waals surface area contributed by atoms with Gasteiger partial charge in [0.15, 0.2) is 5.82 Å². The molecule has 1 spiro atoms. The van der Waals surface area contributed by atoms with Crippen molar-refractivity contribution in [2.45, 2.75) is 76.8 Å². The fourth-order valence-electron chi connectivity index (χ4n) is 5.54. The van der Waals surface area contributed by atoms with Crippen molar-refractivity contribution in [2.75, 3.05) is 32.4 Å². The maximum Gasteiger partial charge on any atom is 0.244 e. The van der Waals surface area contributed by atoms with Gasteiger partial charge in [-0.3, -0.25) is 9.69 Å². The van der Waals surface area contributed by atoms with Crippen LogP contribution in [0.25, 0.3) is 0 Å². The number of piperidine rings is 1. The van der Waals surface area contributed by atoms with E-state index in [0.717, 1.165) is 38.6 Å². The van der Waals surface area contributed by atoms with Crippen LogP contribution >= 0.6 is 0 Å². The Morgan fingerprint density at radius 3 is 2.45 bits per heavy atom. The van der Waals surface area contributed by atoms with Crippen LogP contribution in [0, 0.1) is 12.3 Å². The molecule has 10 heteroatoms. The molecule has 0 radical (unpaired) electrons. The first-order chi connectivity index (χ1) is 14.7. The van der Waals surface area contributed by atoms with Crippen LogP contribution < -0.4 is 5.32 Å². The lowest BCUT2D eigenvalue weighted by Crippen LogP contribution is -2.45. The quantitative estimate of drug-likeness (QED) is 0.679. The average molecular weight is 454 g/mol. The number of carbonyl (C=O) groups excluding carboxylic acids is 1. The largest absolute Gasteiger partial charge is 0.352 e. The van der Waals surface area contributed by atoms with E-state index < -0.39 is 10.0 Å². The molecule has 2 saturated heterocycles. The molecule has 3 heterocycles. The first-order valence-electron chi connectivity index (χ1n) is 11.5. The number of aromatic nitrogens is 2. The Morgan fingerprint density at radius 1 is 1.19 bits per heavy atom. The zero-order valence-electron chi connectivity index (χ0n) is 18.7. The zero-order valence-corrected chi connectivity index (χ0v) is 19.5. The number of hydrogen-bond acceptors (Lipinski definition) is 7. The molecule has 9 nitrogen and oxygen atoms in total. The minimum absolute atomic E-state index is 0.0309. The zero-order chi connectivity index (χ0) is 22.1. The Labute approximate surface area is 185 Å². The summed E-state index contributed by atoms with van der Waals surface area (Å²) in [5, 5.41) is 7.20. The van der Waals surface area contributed by atoms with Crippen molar-refractivity contribution in [1.29, 1.82) is 0 Å². The Kier molecular flexibility index (Phi) is 6.69. The summed E-state index contributed by atoms with van der Waals surface area (Å²) in [6.45, 7) is 3.90. The summed E-state index contributed by atoms with van der Waals surface area (Å²) in [5.74, 6) is 1.20. The van der Waals surface area contributed by atoms with E-state index >= 15 is 0 Å². The summed E-state index contributed by atoms with van der Waals surface area (Å²) in [5.41, 5.74) is -0.0309. The molecule has 31 heavy (non-hydrogen) atoms. The second-order valence-corrected chi connectivity index (χ2v) is 11.7. The topological polar surface area (TPSA) is 109 Å². The first-order valence-corrected chi connectivity index (χ1v) is 13.4. The second kappa shape index (κ2) is 9.15. The normalized spacial score (nSPS) is 26.2. The summed E-state index contributed by atoms with van der Waals surface area (Å²) in [6, 6.07) is 0.166. The highest BCUT2D eigenvalue weighted by Gasteiger charge is 2.49. The molecule has 1 saturated carbocycles. The smallest absolute Gasteiger partial charge is 0.244 e. The van der Waals surface area contributed by atoms with Gasteiger partial charge < -0.3 is 9.84 Å². The second-order valence-electron chi connectivity index (χ2n) is 9.72. The van der Waals surface area contributed by atoms with Crippen molar-refractivity contribution < 1.29 is 17.7 Å².